The lowest BCUT2D eigenvalue weighted by Gasteiger charge is -2.43. The van der Waals surface area contributed by atoms with Crippen molar-refractivity contribution in [3.63, 3.8) is 0 Å². The van der Waals surface area contributed by atoms with Crippen LogP contribution in [0.5, 0.6) is 0 Å². The van der Waals surface area contributed by atoms with Gasteiger partial charge in [0.05, 0.1) is 21.7 Å². The Morgan fingerprint density at radius 3 is 2.49 bits per heavy atom. The fourth-order valence-electron chi connectivity index (χ4n) is 7.43. The Kier molecular flexibility index (Phi) is 4.90. The molecule has 0 radical (unpaired) electrons. The van der Waals surface area contributed by atoms with Gasteiger partial charge in [0.1, 0.15) is 11.0 Å². The van der Waals surface area contributed by atoms with Gasteiger partial charge in [0, 0.05) is 27.9 Å². The second-order valence-electron chi connectivity index (χ2n) is 10.0. The Balaban J connectivity index is 1.60. The quantitative estimate of drug-likeness (QED) is 0.402. The lowest BCUT2D eigenvalue weighted by atomic mass is 9.57. The van der Waals surface area contributed by atoms with Crippen molar-refractivity contribution in [1.29, 1.82) is 0 Å². The topological polar surface area (TPSA) is 78.5 Å². The molecule has 4 atom stereocenters. The Morgan fingerprint density at radius 1 is 0.892 bits per heavy atom. The highest BCUT2D eigenvalue weighted by molar-refractivity contribution is 6.37. The number of nitrogens with zero attached hydrogens (tertiary/aromatic N) is 1. The van der Waals surface area contributed by atoms with Crippen molar-refractivity contribution in [2.45, 2.75) is 29.8 Å². The van der Waals surface area contributed by atoms with E-state index in [1.807, 2.05) is 30.3 Å². The van der Waals surface area contributed by atoms with Gasteiger partial charge in [-0.3, -0.25) is 19.3 Å². The number of Topliss-reactive ketones (excluding diaryl/α,β-unsaturated/α-hetero) is 1. The molecule has 2 N–H and O–H groups in total. The highest BCUT2D eigenvalue weighted by atomic mass is 35.5. The maximum atomic E-state index is 14.6. The zero-order valence-electron chi connectivity index (χ0n) is 19.4. The van der Waals surface area contributed by atoms with Crippen LogP contribution in [0.25, 0.3) is 0 Å². The summed E-state index contributed by atoms with van der Waals surface area (Å²) in [6.45, 7) is 0.555. The average Bonchev–Trinajstić information content (AvgIpc) is 3.58. The monoisotopic (exact) mass is 551 g/mol. The molecule has 7 rings (SSSR count). The predicted molar refractivity (Wildman–Crippen MR) is 143 cm³/mol. The van der Waals surface area contributed by atoms with E-state index in [2.05, 4.69) is 15.5 Å². The summed E-state index contributed by atoms with van der Waals surface area (Å²) >= 11 is 19.3. The Labute approximate surface area is 227 Å². The summed E-state index contributed by atoms with van der Waals surface area (Å²) in [5, 5.41) is 7.00. The lowest BCUT2D eigenvalue weighted by Crippen LogP contribution is -2.62. The standard InChI is InChI=1S/C28H20Cl3N3O3/c29-14-10-11-15(19(31)13-14)24(35)22-21-9-4-12-34(21)28(17-6-3-7-18(30)23(17)33-26(28)37)27(22)16-5-1-2-8-20(16)32-25(27)36/h1-3,5-8,10-11,13,21-22H,4,9,12H2,(H,32,36)(H,33,37)/t21-,22-,27-,28-/m0/s1. The van der Waals surface area contributed by atoms with E-state index in [-0.39, 0.29) is 34.2 Å². The van der Waals surface area contributed by atoms with Crippen LogP contribution in [0.15, 0.2) is 60.7 Å². The summed E-state index contributed by atoms with van der Waals surface area (Å²) < 4.78 is 0. The molecule has 0 unspecified atom stereocenters. The number of hydrogen-bond donors (Lipinski definition) is 2. The average molecular weight is 553 g/mol. The van der Waals surface area contributed by atoms with Crippen LogP contribution in [-0.2, 0) is 20.5 Å². The summed E-state index contributed by atoms with van der Waals surface area (Å²) in [5.74, 6) is -1.90. The van der Waals surface area contributed by atoms with Crippen LogP contribution in [0.4, 0.5) is 11.4 Å². The second-order valence-corrected chi connectivity index (χ2v) is 11.3. The van der Waals surface area contributed by atoms with Crippen LogP contribution >= 0.6 is 34.8 Å². The minimum atomic E-state index is -1.55. The second kappa shape index (κ2) is 7.81. The van der Waals surface area contributed by atoms with E-state index in [1.165, 1.54) is 6.07 Å². The molecule has 3 aromatic carbocycles. The van der Waals surface area contributed by atoms with E-state index in [4.69, 9.17) is 34.8 Å². The molecule has 2 saturated heterocycles. The first kappa shape index (κ1) is 23.2. The van der Waals surface area contributed by atoms with E-state index in [1.54, 1.807) is 24.3 Å². The van der Waals surface area contributed by atoms with E-state index in [9.17, 15) is 14.4 Å². The third-order valence-corrected chi connectivity index (χ3v) is 9.42. The first-order valence-electron chi connectivity index (χ1n) is 12.1. The van der Waals surface area contributed by atoms with Crippen molar-refractivity contribution >= 4 is 63.8 Å². The zero-order chi connectivity index (χ0) is 25.7. The molecule has 3 aromatic rings. The molecule has 0 bridgehead atoms. The normalized spacial score (nSPS) is 29.4. The van der Waals surface area contributed by atoms with Crippen molar-refractivity contribution in [1.82, 2.24) is 4.90 Å². The molecule has 0 aliphatic carbocycles. The first-order chi connectivity index (χ1) is 17.8. The minimum absolute atomic E-state index is 0.212. The number of anilines is 2. The number of fused-ring (bicyclic) bond motifs is 7. The lowest BCUT2D eigenvalue weighted by molar-refractivity contribution is -0.137. The number of nitrogens with one attached hydrogen (secondary N) is 2. The van der Waals surface area contributed by atoms with Gasteiger partial charge in [-0.15, -0.1) is 0 Å². The summed E-state index contributed by atoms with van der Waals surface area (Å²) in [5.41, 5.74) is -0.423. The molecule has 0 saturated carbocycles. The van der Waals surface area contributed by atoms with Crippen molar-refractivity contribution in [3.8, 4) is 0 Å². The van der Waals surface area contributed by atoms with Gasteiger partial charge in [-0.2, -0.15) is 0 Å². The Morgan fingerprint density at radius 2 is 1.68 bits per heavy atom. The van der Waals surface area contributed by atoms with Crippen molar-refractivity contribution in [2.75, 3.05) is 17.2 Å². The molecule has 4 aliphatic heterocycles. The van der Waals surface area contributed by atoms with E-state index >= 15 is 0 Å². The van der Waals surface area contributed by atoms with Gasteiger partial charge in [0.25, 0.3) is 5.91 Å². The highest BCUT2D eigenvalue weighted by Crippen LogP contribution is 2.68. The molecule has 37 heavy (non-hydrogen) atoms. The smallest absolute Gasteiger partial charge is 0.251 e. The number of rotatable bonds is 2. The van der Waals surface area contributed by atoms with Crippen molar-refractivity contribution in [3.05, 3.63) is 92.4 Å². The SMILES string of the molecule is O=C(c1ccc(Cl)cc1Cl)[C@@H]1[C@@H]2CCCN2[C@@]2(C(=O)Nc3c(Cl)cccc32)[C@]12C(=O)Nc1ccccc12. The fourth-order valence-corrected chi connectivity index (χ4v) is 8.15. The number of halogens is 3. The predicted octanol–water partition coefficient (Wildman–Crippen LogP) is 5.66. The van der Waals surface area contributed by atoms with E-state index in [0.717, 1.165) is 6.42 Å². The van der Waals surface area contributed by atoms with Gasteiger partial charge in [0.2, 0.25) is 5.91 Å². The molecule has 4 heterocycles. The van der Waals surface area contributed by atoms with Gasteiger partial charge in [0.15, 0.2) is 5.78 Å². The minimum Gasteiger partial charge on any atom is -0.325 e. The number of para-hydroxylation sites is 2. The van der Waals surface area contributed by atoms with E-state index < -0.39 is 16.9 Å². The molecule has 4 aliphatic rings. The van der Waals surface area contributed by atoms with Gasteiger partial charge >= 0.3 is 0 Å². The van der Waals surface area contributed by atoms with Gasteiger partial charge in [-0.1, -0.05) is 65.1 Å². The summed E-state index contributed by atoms with van der Waals surface area (Å²) in [6, 6.07) is 17.0. The Hall–Kier alpha value is -2.90. The van der Waals surface area contributed by atoms with Gasteiger partial charge in [-0.25, -0.2) is 0 Å². The fraction of sp³-hybridized carbons (Fsp3) is 0.250. The third kappa shape index (κ3) is 2.64. The van der Waals surface area contributed by atoms with Crippen LogP contribution < -0.4 is 10.6 Å². The number of carbonyl (C=O) groups excluding carboxylic acids is 3. The third-order valence-electron chi connectivity index (χ3n) is 8.56. The largest absolute Gasteiger partial charge is 0.325 e. The van der Waals surface area contributed by atoms with Gasteiger partial charge < -0.3 is 10.6 Å². The molecule has 9 heteroatoms. The molecule has 2 amide bonds. The molecule has 186 valence electrons. The molecule has 0 aromatic heterocycles. The van der Waals surface area contributed by atoms with Gasteiger partial charge in [-0.05, 0) is 55.3 Å². The number of amides is 2. The molecular weight excluding hydrogens is 533 g/mol. The highest BCUT2D eigenvalue weighted by Gasteiger charge is 2.81. The summed E-state index contributed by atoms with van der Waals surface area (Å²) in [6.07, 6.45) is 1.44. The maximum absolute atomic E-state index is 14.6. The van der Waals surface area contributed by atoms with Crippen LogP contribution in [0.2, 0.25) is 15.1 Å². The first-order valence-corrected chi connectivity index (χ1v) is 13.2. The van der Waals surface area contributed by atoms with E-state index in [0.29, 0.717) is 45.5 Å². The van der Waals surface area contributed by atoms with Crippen LogP contribution in [0.3, 0.4) is 0 Å². The number of carbonyl (C=O) groups is 3. The molecule has 6 nitrogen and oxygen atoms in total. The molecular formula is C28H20Cl3N3O3. The summed E-state index contributed by atoms with van der Waals surface area (Å²) in [4.78, 5) is 45.4. The number of hydrogen-bond acceptors (Lipinski definition) is 4. The van der Waals surface area contributed by atoms with Crippen molar-refractivity contribution in [2.24, 2.45) is 5.92 Å². The number of ketones is 1. The van der Waals surface area contributed by atoms with Crippen LogP contribution in [-0.4, -0.2) is 35.1 Å². The maximum Gasteiger partial charge on any atom is 0.251 e. The van der Waals surface area contributed by atoms with Crippen molar-refractivity contribution < 1.29 is 14.4 Å². The summed E-state index contributed by atoms with van der Waals surface area (Å²) in [7, 11) is 0. The molecule has 2 fully saturated rings. The zero-order valence-corrected chi connectivity index (χ0v) is 21.6. The van der Waals surface area contributed by atoms with Crippen LogP contribution in [0.1, 0.15) is 34.3 Å². The van der Waals surface area contributed by atoms with Crippen LogP contribution in [0, 0.1) is 5.92 Å². The molecule has 2 spiro atoms. The Bertz CT molecular complexity index is 1560. The number of benzene rings is 3.